The van der Waals surface area contributed by atoms with Crippen LogP contribution in [-0.4, -0.2) is 38.9 Å². The molecule has 0 aliphatic carbocycles. The highest BCUT2D eigenvalue weighted by molar-refractivity contribution is 7.89. The first-order valence-electron chi connectivity index (χ1n) is 6.68. The highest BCUT2D eigenvalue weighted by Crippen LogP contribution is 2.28. The predicted molar refractivity (Wildman–Crippen MR) is 76.7 cm³/mol. The summed E-state index contributed by atoms with van der Waals surface area (Å²) in [6.07, 6.45) is 1.72. The van der Waals surface area contributed by atoms with Gasteiger partial charge in [-0.05, 0) is 38.4 Å². The maximum Gasteiger partial charge on any atom is 0.244 e. The predicted octanol–water partition coefficient (Wildman–Crippen LogP) is 1.24. The molecule has 1 aliphatic rings. The first-order chi connectivity index (χ1) is 9.52. The molecule has 1 saturated heterocycles. The third kappa shape index (κ3) is 2.57. The summed E-state index contributed by atoms with van der Waals surface area (Å²) in [5, 5.41) is 12.3. The molecule has 0 saturated carbocycles. The average molecular weight is 293 g/mol. The maximum absolute atomic E-state index is 12.8. The van der Waals surface area contributed by atoms with E-state index in [1.165, 1.54) is 10.4 Å². The lowest BCUT2D eigenvalue weighted by Gasteiger charge is -2.24. The van der Waals surface area contributed by atoms with Crippen LogP contribution in [0.15, 0.2) is 23.1 Å². The van der Waals surface area contributed by atoms with Gasteiger partial charge < -0.3 is 5.32 Å². The van der Waals surface area contributed by atoms with Crippen LogP contribution >= 0.6 is 0 Å². The monoisotopic (exact) mass is 293 g/mol. The minimum absolute atomic E-state index is 0.0305. The van der Waals surface area contributed by atoms with Crippen molar-refractivity contribution in [3.8, 4) is 6.07 Å². The summed E-state index contributed by atoms with van der Waals surface area (Å²) in [6.45, 7) is 2.91. The van der Waals surface area contributed by atoms with Crippen LogP contribution in [0.5, 0.6) is 0 Å². The Balaban J connectivity index is 2.46. The zero-order chi connectivity index (χ0) is 14.8. The normalized spacial score (nSPS) is 19.9. The van der Waals surface area contributed by atoms with Crippen molar-refractivity contribution in [3.05, 3.63) is 29.3 Å². The van der Waals surface area contributed by atoms with Gasteiger partial charge in [0.1, 0.15) is 11.0 Å². The fourth-order valence-electron chi connectivity index (χ4n) is 2.69. The Labute approximate surface area is 120 Å². The molecular weight excluding hydrogens is 274 g/mol. The number of rotatable bonds is 4. The molecule has 0 unspecified atom stereocenters. The zero-order valence-electron chi connectivity index (χ0n) is 11.8. The zero-order valence-corrected chi connectivity index (χ0v) is 12.6. The molecule has 1 N–H and O–H groups in total. The van der Waals surface area contributed by atoms with Crippen molar-refractivity contribution in [1.82, 2.24) is 9.62 Å². The van der Waals surface area contributed by atoms with E-state index in [4.69, 9.17) is 0 Å². The van der Waals surface area contributed by atoms with Crippen molar-refractivity contribution in [2.75, 3.05) is 20.1 Å². The molecule has 1 fully saturated rings. The Morgan fingerprint density at radius 2 is 2.25 bits per heavy atom. The van der Waals surface area contributed by atoms with E-state index in [1.807, 2.05) is 13.1 Å². The van der Waals surface area contributed by atoms with Crippen molar-refractivity contribution in [2.45, 2.75) is 30.7 Å². The van der Waals surface area contributed by atoms with Crippen LogP contribution in [0.25, 0.3) is 0 Å². The molecule has 1 aromatic carbocycles. The second kappa shape index (κ2) is 5.92. The van der Waals surface area contributed by atoms with Crippen LogP contribution < -0.4 is 5.32 Å². The molecule has 5 nitrogen and oxygen atoms in total. The molecule has 1 aromatic rings. The number of hydrogen-bond acceptors (Lipinski definition) is 4. The molecule has 108 valence electrons. The van der Waals surface area contributed by atoms with Crippen molar-refractivity contribution >= 4 is 10.0 Å². The third-order valence-electron chi connectivity index (χ3n) is 3.70. The van der Waals surface area contributed by atoms with Gasteiger partial charge in [-0.15, -0.1) is 0 Å². The molecule has 0 spiro atoms. The molecule has 0 bridgehead atoms. The SMILES string of the molecule is CNC[C@H]1CCCN1S(=O)(=O)c1cccc(C)c1C#N. The Hall–Kier alpha value is -1.42. The minimum Gasteiger partial charge on any atom is -0.318 e. The Bertz CT molecular complexity index is 634. The van der Waals surface area contributed by atoms with E-state index in [-0.39, 0.29) is 16.5 Å². The summed E-state index contributed by atoms with van der Waals surface area (Å²) in [6, 6.07) is 6.96. The second-order valence-corrected chi connectivity index (χ2v) is 6.89. The fourth-order valence-corrected chi connectivity index (χ4v) is 4.60. The number of benzene rings is 1. The molecule has 0 aromatic heterocycles. The van der Waals surface area contributed by atoms with E-state index in [0.717, 1.165) is 12.8 Å². The number of likely N-dealkylation sites (N-methyl/N-ethyl adjacent to an activating group) is 1. The number of aryl methyl sites for hydroxylation is 1. The van der Waals surface area contributed by atoms with Gasteiger partial charge in [-0.25, -0.2) is 8.42 Å². The van der Waals surface area contributed by atoms with Crippen LogP contribution in [0, 0.1) is 18.3 Å². The van der Waals surface area contributed by atoms with Crippen LogP contribution in [-0.2, 0) is 10.0 Å². The van der Waals surface area contributed by atoms with Crippen LogP contribution in [0.4, 0.5) is 0 Å². The highest BCUT2D eigenvalue weighted by Gasteiger charge is 2.36. The number of nitrogens with one attached hydrogen (secondary N) is 1. The average Bonchev–Trinajstić information content (AvgIpc) is 2.88. The Morgan fingerprint density at radius 3 is 2.90 bits per heavy atom. The fraction of sp³-hybridized carbons (Fsp3) is 0.500. The smallest absolute Gasteiger partial charge is 0.244 e. The molecule has 1 heterocycles. The van der Waals surface area contributed by atoms with E-state index in [1.54, 1.807) is 19.1 Å². The summed E-state index contributed by atoms with van der Waals surface area (Å²) < 4.78 is 27.1. The van der Waals surface area contributed by atoms with Gasteiger partial charge >= 0.3 is 0 Å². The van der Waals surface area contributed by atoms with Gasteiger partial charge in [0.15, 0.2) is 0 Å². The van der Waals surface area contributed by atoms with Crippen LogP contribution in [0.2, 0.25) is 0 Å². The summed E-state index contributed by atoms with van der Waals surface area (Å²) in [5.74, 6) is 0. The van der Waals surface area contributed by atoms with Gasteiger partial charge in [0, 0.05) is 19.1 Å². The standard InChI is InChI=1S/C14H19N3O2S/c1-11-5-3-7-14(13(11)9-15)20(18,19)17-8-4-6-12(17)10-16-2/h3,5,7,12,16H,4,6,8,10H2,1-2H3/t12-/m1/s1. The van der Waals surface area contributed by atoms with E-state index < -0.39 is 10.0 Å². The largest absolute Gasteiger partial charge is 0.318 e. The molecule has 1 aliphatic heterocycles. The molecule has 0 amide bonds. The molecule has 2 rings (SSSR count). The number of nitriles is 1. The summed E-state index contributed by atoms with van der Waals surface area (Å²) in [4.78, 5) is 0.128. The first kappa shape index (κ1) is 15.0. The third-order valence-corrected chi connectivity index (χ3v) is 5.69. The van der Waals surface area contributed by atoms with Gasteiger partial charge in [0.25, 0.3) is 0 Å². The Morgan fingerprint density at radius 1 is 1.50 bits per heavy atom. The Kier molecular flexibility index (Phi) is 4.43. The van der Waals surface area contributed by atoms with Gasteiger partial charge in [0.05, 0.1) is 5.56 Å². The second-order valence-electron chi connectivity index (χ2n) is 5.03. The quantitative estimate of drug-likeness (QED) is 0.906. The van der Waals surface area contributed by atoms with Crippen molar-refractivity contribution in [2.24, 2.45) is 0 Å². The molecule has 6 heteroatoms. The van der Waals surface area contributed by atoms with Crippen molar-refractivity contribution in [1.29, 1.82) is 5.26 Å². The van der Waals surface area contributed by atoms with E-state index in [0.29, 0.717) is 18.7 Å². The maximum atomic E-state index is 12.8. The van der Waals surface area contributed by atoms with Crippen LogP contribution in [0.1, 0.15) is 24.0 Å². The minimum atomic E-state index is -3.60. The van der Waals surface area contributed by atoms with Gasteiger partial charge in [-0.1, -0.05) is 12.1 Å². The number of nitrogens with zero attached hydrogens (tertiary/aromatic N) is 2. The van der Waals surface area contributed by atoms with Crippen molar-refractivity contribution < 1.29 is 8.42 Å². The van der Waals surface area contributed by atoms with Crippen LogP contribution in [0.3, 0.4) is 0 Å². The number of hydrogen-bond donors (Lipinski definition) is 1. The topological polar surface area (TPSA) is 73.2 Å². The highest BCUT2D eigenvalue weighted by atomic mass is 32.2. The van der Waals surface area contributed by atoms with E-state index in [9.17, 15) is 13.7 Å². The van der Waals surface area contributed by atoms with Gasteiger partial charge in [-0.2, -0.15) is 9.57 Å². The summed E-state index contributed by atoms with van der Waals surface area (Å²) in [7, 11) is -1.79. The molecular formula is C14H19N3O2S. The van der Waals surface area contributed by atoms with Crippen molar-refractivity contribution in [3.63, 3.8) is 0 Å². The summed E-state index contributed by atoms with van der Waals surface area (Å²) in [5.41, 5.74) is 0.945. The van der Waals surface area contributed by atoms with E-state index >= 15 is 0 Å². The van der Waals surface area contributed by atoms with E-state index in [2.05, 4.69) is 5.32 Å². The molecule has 1 atom stereocenters. The lowest BCUT2D eigenvalue weighted by molar-refractivity contribution is 0.379. The van der Waals surface area contributed by atoms with Gasteiger partial charge in [0.2, 0.25) is 10.0 Å². The lowest BCUT2D eigenvalue weighted by atomic mass is 10.1. The molecule has 20 heavy (non-hydrogen) atoms. The number of sulfonamides is 1. The van der Waals surface area contributed by atoms with Gasteiger partial charge in [-0.3, -0.25) is 0 Å². The lowest BCUT2D eigenvalue weighted by Crippen LogP contribution is -2.41. The first-order valence-corrected chi connectivity index (χ1v) is 8.12. The summed E-state index contributed by atoms with van der Waals surface area (Å²) >= 11 is 0. The molecule has 0 radical (unpaired) electrons.